The molecule has 0 spiro atoms. The Morgan fingerprint density at radius 3 is 2.92 bits per heavy atom. The van der Waals surface area contributed by atoms with Gasteiger partial charge in [0.1, 0.15) is 11.9 Å². The zero-order valence-electron chi connectivity index (χ0n) is 6.95. The molecule has 0 aromatic carbocycles. The second-order valence-corrected chi connectivity index (χ2v) is 3.20. The van der Waals surface area contributed by atoms with E-state index in [1.54, 1.807) is 12.3 Å². The van der Waals surface area contributed by atoms with E-state index >= 15 is 0 Å². The van der Waals surface area contributed by atoms with Gasteiger partial charge in [0.05, 0.1) is 0 Å². The van der Waals surface area contributed by atoms with E-state index in [1.807, 2.05) is 0 Å². The van der Waals surface area contributed by atoms with Crippen molar-refractivity contribution < 1.29 is 4.74 Å². The Bertz CT molecular complexity index is 258. The van der Waals surface area contributed by atoms with Crippen molar-refractivity contribution in [1.29, 1.82) is 0 Å². The van der Waals surface area contributed by atoms with Gasteiger partial charge in [-0.05, 0) is 6.92 Å². The largest absolute Gasteiger partial charge is 0.469 e. The molecule has 12 heavy (non-hydrogen) atoms. The summed E-state index contributed by atoms with van der Waals surface area (Å²) < 4.78 is 5.62. The van der Waals surface area contributed by atoms with Gasteiger partial charge in [0.2, 0.25) is 5.88 Å². The molecule has 2 heterocycles. The predicted molar refractivity (Wildman–Crippen MR) is 43.9 cm³/mol. The van der Waals surface area contributed by atoms with Gasteiger partial charge in [0.25, 0.3) is 0 Å². The van der Waals surface area contributed by atoms with Crippen LogP contribution in [0.3, 0.4) is 0 Å². The monoisotopic (exact) mass is 165 g/mol. The second-order valence-electron chi connectivity index (χ2n) is 3.20. The minimum absolute atomic E-state index is 0.0750. The molecule has 0 aliphatic carbocycles. The molecule has 1 aliphatic heterocycles. The van der Waals surface area contributed by atoms with Gasteiger partial charge >= 0.3 is 0 Å². The third-order valence-corrected chi connectivity index (χ3v) is 1.90. The Hall–Kier alpha value is -1.16. The van der Waals surface area contributed by atoms with E-state index in [0.29, 0.717) is 5.88 Å². The molecule has 4 nitrogen and oxygen atoms in total. The first-order valence-electron chi connectivity index (χ1n) is 3.94. The highest BCUT2D eigenvalue weighted by molar-refractivity contribution is 5.08. The Labute approximate surface area is 71.0 Å². The first-order chi connectivity index (χ1) is 5.79. The molecule has 64 valence electrons. The summed E-state index contributed by atoms with van der Waals surface area (Å²) in [6.45, 7) is 3.83. The van der Waals surface area contributed by atoms with Gasteiger partial charge in [-0.15, -0.1) is 0 Å². The molecule has 0 bridgehead atoms. The predicted octanol–water partition coefficient (Wildman–Crippen LogP) is 0.217. The average Bonchev–Trinajstić information content (AvgIpc) is 2.04. The van der Waals surface area contributed by atoms with Crippen LogP contribution in [0.1, 0.15) is 6.92 Å². The second kappa shape index (κ2) is 2.71. The van der Waals surface area contributed by atoms with E-state index in [4.69, 9.17) is 4.74 Å². The van der Waals surface area contributed by atoms with Crippen LogP contribution >= 0.6 is 0 Å². The van der Waals surface area contributed by atoms with E-state index in [0.717, 1.165) is 13.1 Å². The molecular weight excluding hydrogens is 154 g/mol. The van der Waals surface area contributed by atoms with Crippen LogP contribution in [-0.4, -0.2) is 28.7 Å². The first kappa shape index (κ1) is 7.49. The maximum absolute atomic E-state index is 5.62. The number of hydrogen-bond acceptors (Lipinski definition) is 4. The molecule has 0 atom stereocenters. The van der Waals surface area contributed by atoms with Gasteiger partial charge in [0.15, 0.2) is 0 Å². The molecule has 0 saturated carbocycles. The molecule has 0 unspecified atom stereocenters. The zero-order valence-corrected chi connectivity index (χ0v) is 6.95. The highest BCUT2D eigenvalue weighted by atomic mass is 16.5. The highest BCUT2D eigenvalue weighted by Gasteiger charge is 2.34. The number of rotatable bonds is 2. The van der Waals surface area contributed by atoms with Crippen LogP contribution in [0.25, 0.3) is 0 Å². The van der Waals surface area contributed by atoms with Crippen molar-refractivity contribution >= 4 is 0 Å². The molecule has 1 saturated heterocycles. The number of aromatic nitrogens is 2. The number of hydrogen-bond donors (Lipinski definition) is 1. The van der Waals surface area contributed by atoms with E-state index in [-0.39, 0.29) is 5.60 Å². The highest BCUT2D eigenvalue weighted by Crippen LogP contribution is 2.18. The lowest BCUT2D eigenvalue weighted by Gasteiger charge is -2.38. The van der Waals surface area contributed by atoms with Gasteiger partial charge in [-0.25, -0.2) is 9.97 Å². The van der Waals surface area contributed by atoms with Gasteiger partial charge in [0, 0.05) is 25.4 Å². The fourth-order valence-corrected chi connectivity index (χ4v) is 1.14. The van der Waals surface area contributed by atoms with Crippen molar-refractivity contribution in [2.24, 2.45) is 0 Å². The molecule has 4 heteroatoms. The zero-order chi connectivity index (χ0) is 8.44. The molecule has 1 aromatic rings. The van der Waals surface area contributed by atoms with E-state index < -0.39 is 0 Å². The summed E-state index contributed by atoms with van der Waals surface area (Å²) in [6.07, 6.45) is 3.17. The fourth-order valence-electron chi connectivity index (χ4n) is 1.14. The van der Waals surface area contributed by atoms with Crippen molar-refractivity contribution in [2.45, 2.75) is 12.5 Å². The average molecular weight is 165 g/mol. The molecule has 0 amide bonds. The number of nitrogens with zero attached hydrogens (tertiary/aromatic N) is 2. The summed E-state index contributed by atoms with van der Waals surface area (Å²) in [5.41, 5.74) is -0.0750. The molecule has 1 fully saturated rings. The van der Waals surface area contributed by atoms with Crippen LogP contribution in [0.5, 0.6) is 5.88 Å². The molecule has 1 N–H and O–H groups in total. The quantitative estimate of drug-likeness (QED) is 0.681. The topological polar surface area (TPSA) is 47.0 Å². The molecule has 0 radical (unpaired) electrons. The molecule has 1 aliphatic rings. The Morgan fingerprint density at radius 2 is 2.42 bits per heavy atom. The van der Waals surface area contributed by atoms with E-state index in [9.17, 15) is 0 Å². The van der Waals surface area contributed by atoms with E-state index in [1.165, 1.54) is 6.33 Å². The summed E-state index contributed by atoms with van der Waals surface area (Å²) in [4.78, 5) is 7.80. The van der Waals surface area contributed by atoms with E-state index in [2.05, 4.69) is 22.2 Å². The first-order valence-corrected chi connectivity index (χ1v) is 3.94. The third kappa shape index (κ3) is 1.38. The third-order valence-electron chi connectivity index (χ3n) is 1.90. The Kier molecular flexibility index (Phi) is 1.69. The molecule has 2 rings (SSSR count). The normalized spacial score (nSPS) is 19.8. The van der Waals surface area contributed by atoms with Gasteiger partial charge < -0.3 is 10.1 Å². The van der Waals surface area contributed by atoms with Crippen molar-refractivity contribution in [2.75, 3.05) is 13.1 Å². The van der Waals surface area contributed by atoms with Crippen LogP contribution in [-0.2, 0) is 0 Å². The van der Waals surface area contributed by atoms with Crippen LogP contribution < -0.4 is 10.1 Å². The van der Waals surface area contributed by atoms with Crippen molar-refractivity contribution in [1.82, 2.24) is 15.3 Å². The maximum Gasteiger partial charge on any atom is 0.216 e. The summed E-state index contributed by atoms with van der Waals surface area (Å²) in [5.74, 6) is 0.647. The Balaban J connectivity index is 2.04. The summed E-state index contributed by atoms with van der Waals surface area (Å²) in [5, 5.41) is 3.15. The number of ether oxygens (including phenoxy) is 1. The van der Waals surface area contributed by atoms with Crippen LogP contribution in [0.2, 0.25) is 0 Å². The Morgan fingerprint density at radius 1 is 1.58 bits per heavy atom. The summed E-state index contributed by atoms with van der Waals surface area (Å²) in [6, 6.07) is 1.77. The lowest BCUT2D eigenvalue weighted by atomic mass is 10.0. The standard InChI is InChI=1S/C8H11N3O/c1-8(4-10-5-8)12-7-2-3-9-6-11-7/h2-3,6,10H,4-5H2,1H3. The molecular formula is C8H11N3O. The maximum atomic E-state index is 5.62. The van der Waals surface area contributed by atoms with Gasteiger partial charge in [-0.3, -0.25) is 0 Å². The fraction of sp³-hybridized carbons (Fsp3) is 0.500. The van der Waals surface area contributed by atoms with Crippen LogP contribution in [0, 0.1) is 0 Å². The SMILES string of the molecule is CC1(Oc2ccncn2)CNC1. The molecule has 1 aromatic heterocycles. The van der Waals surface area contributed by atoms with Gasteiger partial charge in [-0.1, -0.05) is 0 Å². The van der Waals surface area contributed by atoms with Crippen LogP contribution in [0.4, 0.5) is 0 Å². The summed E-state index contributed by atoms with van der Waals surface area (Å²) in [7, 11) is 0. The van der Waals surface area contributed by atoms with Gasteiger partial charge in [-0.2, -0.15) is 0 Å². The lowest BCUT2D eigenvalue weighted by Crippen LogP contribution is -2.61. The minimum Gasteiger partial charge on any atom is -0.469 e. The van der Waals surface area contributed by atoms with Crippen molar-refractivity contribution in [3.05, 3.63) is 18.6 Å². The number of nitrogens with one attached hydrogen (secondary N) is 1. The smallest absolute Gasteiger partial charge is 0.216 e. The minimum atomic E-state index is -0.0750. The summed E-state index contributed by atoms with van der Waals surface area (Å²) >= 11 is 0. The lowest BCUT2D eigenvalue weighted by molar-refractivity contribution is 0.0303. The van der Waals surface area contributed by atoms with Crippen molar-refractivity contribution in [3.8, 4) is 5.88 Å². The van der Waals surface area contributed by atoms with Crippen molar-refractivity contribution in [3.63, 3.8) is 0 Å². The van der Waals surface area contributed by atoms with Crippen LogP contribution in [0.15, 0.2) is 18.6 Å².